The van der Waals surface area contributed by atoms with Crippen LogP contribution in [-0.2, 0) is 17.0 Å². The lowest BCUT2D eigenvalue weighted by molar-refractivity contribution is -0.0268. The number of fused-ring (bicyclic) bond motifs is 1. The second kappa shape index (κ2) is 9.94. The van der Waals surface area contributed by atoms with E-state index < -0.39 is 10.0 Å². The summed E-state index contributed by atoms with van der Waals surface area (Å²) in [4.78, 5) is 11.7. The van der Waals surface area contributed by atoms with Crippen molar-refractivity contribution in [2.24, 2.45) is 0 Å². The molecule has 3 aromatic heterocycles. The van der Waals surface area contributed by atoms with Crippen molar-refractivity contribution in [3.63, 3.8) is 0 Å². The molecule has 2 aliphatic rings. The second-order valence-corrected chi connectivity index (χ2v) is 15.4. The lowest BCUT2D eigenvalue weighted by Gasteiger charge is -2.54. The number of likely N-dealkylation sites (tertiary alicyclic amines) is 1. The molecule has 0 atom stereocenters. The van der Waals surface area contributed by atoms with E-state index >= 15 is 0 Å². The highest BCUT2D eigenvalue weighted by Gasteiger charge is 2.46. The summed E-state index contributed by atoms with van der Waals surface area (Å²) in [6.45, 7) is 5.30. The Labute approximate surface area is 209 Å². The van der Waals surface area contributed by atoms with E-state index in [-0.39, 0.29) is 5.54 Å². The van der Waals surface area contributed by atoms with Gasteiger partial charge in [-0.25, -0.2) is 20.0 Å². The molecule has 2 saturated heterocycles. The highest BCUT2D eigenvalue weighted by molar-refractivity contribution is 8.32. The standard InChI is InChI=1S/C26H37N7OS/c1-35(2,3)15-14-34-20-31-12-7-23-24(29-19-30-25(23)31)21-6-13-33(16-21)26(8-9-27)17-32(18-26)22-4-10-28-11-5-22/h6-7,12-13,16,19,22,28H,4-5,8,10-11,14-15,17-18,20H2,1-3H3. The van der Waals surface area contributed by atoms with Gasteiger partial charge in [0, 0.05) is 54.4 Å². The summed E-state index contributed by atoms with van der Waals surface area (Å²) >= 11 is 0. The normalized spacial score (nSPS) is 19.5. The van der Waals surface area contributed by atoms with E-state index in [0.717, 1.165) is 60.8 Å². The van der Waals surface area contributed by atoms with Gasteiger partial charge in [-0.2, -0.15) is 5.26 Å². The first-order valence-electron chi connectivity index (χ1n) is 12.4. The van der Waals surface area contributed by atoms with Crippen LogP contribution in [0.1, 0.15) is 19.3 Å². The molecule has 0 saturated carbocycles. The van der Waals surface area contributed by atoms with Crippen LogP contribution in [0.2, 0.25) is 0 Å². The van der Waals surface area contributed by atoms with Crippen molar-refractivity contribution in [1.29, 1.82) is 5.26 Å². The maximum Gasteiger partial charge on any atom is 0.145 e. The summed E-state index contributed by atoms with van der Waals surface area (Å²) in [6.07, 6.45) is 17.8. The van der Waals surface area contributed by atoms with Crippen LogP contribution in [0.4, 0.5) is 0 Å². The molecule has 2 fully saturated rings. The molecule has 1 N–H and O–H groups in total. The Hall–Kier alpha value is -2.38. The molecule has 2 aliphatic heterocycles. The molecule has 0 unspecified atom stereocenters. The quantitative estimate of drug-likeness (QED) is 0.459. The van der Waals surface area contributed by atoms with Crippen LogP contribution in [0.3, 0.4) is 0 Å². The van der Waals surface area contributed by atoms with Gasteiger partial charge < -0.3 is 19.2 Å². The van der Waals surface area contributed by atoms with Crippen molar-refractivity contribution < 1.29 is 4.74 Å². The average Bonchev–Trinajstić information content (AvgIpc) is 3.47. The molecule has 0 aromatic carbocycles. The summed E-state index contributed by atoms with van der Waals surface area (Å²) in [5, 5.41) is 14.1. The zero-order chi connectivity index (χ0) is 24.5. The maximum atomic E-state index is 9.60. The second-order valence-electron chi connectivity index (χ2n) is 10.8. The van der Waals surface area contributed by atoms with E-state index in [0.29, 0.717) is 19.2 Å². The highest BCUT2D eigenvalue weighted by Crippen LogP contribution is 2.38. The van der Waals surface area contributed by atoms with Crippen LogP contribution in [0.15, 0.2) is 37.1 Å². The topological polar surface area (TPSA) is 83.9 Å². The molecule has 0 spiro atoms. The Morgan fingerprint density at radius 3 is 2.71 bits per heavy atom. The molecule has 5 heterocycles. The average molecular weight is 496 g/mol. The molecule has 3 aromatic rings. The van der Waals surface area contributed by atoms with Crippen LogP contribution in [0.5, 0.6) is 0 Å². The number of hydrogen-bond acceptors (Lipinski definition) is 6. The van der Waals surface area contributed by atoms with E-state index in [9.17, 15) is 5.26 Å². The Kier molecular flexibility index (Phi) is 6.91. The number of nitrogens with zero attached hydrogens (tertiary/aromatic N) is 6. The molecule has 5 rings (SSSR count). The van der Waals surface area contributed by atoms with Gasteiger partial charge >= 0.3 is 0 Å². The summed E-state index contributed by atoms with van der Waals surface area (Å²) in [7, 11) is -0.560. The van der Waals surface area contributed by atoms with Crippen molar-refractivity contribution in [3.8, 4) is 17.3 Å². The molecule has 8 nitrogen and oxygen atoms in total. The third-order valence-corrected chi connectivity index (χ3v) is 8.76. The van der Waals surface area contributed by atoms with Crippen LogP contribution < -0.4 is 5.32 Å². The number of hydrogen-bond donors (Lipinski definition) is 1. The maximum absolute atomic E-state index is 9.60. The monoisotopic (exact) mass is 495 g/mol. The number of ether oxygens (including phenoxy) is 1. The Morgan fingerprint density at radius 2 is 1.97 bits per heavy atom. The van der Waals surface area contributed by atoms with Gasteiger partial charge in [-0.1, -0.05) is 0 Å². The van der Waals surface area contributed by atoms with Gasteiger partial charge in [0.05, 0.1) is 30.3 Å². The minimum atomic E-state index is -0.560. The van der Waals surface area contributed by atoms with E-state index in [2.05, 4.69) is 78.7 Å². The SMILES string of the molecule is CS(C)(C)CCOCn1ccc2c(-c3ccn(C4(CC#N)CN(C5CCNCC5)C4)c3)ncnc21. The number of rotatable bonds is 9. The fourth-order valence-corrected chi connectivity index (χ4v) is 5.91. The van der Waals surface area contributed by atoms with Gasteiger partial charge in [0.2, 0.25) is 0 Å². The largest absolute Gasteiger partial charge is 0.360 e. The molecule has 0 aliphatic carbocycles. The van der Waals surface area contributed by atoms with Gasteiger partial charge in [0.25, 0.3) is 0 Å². The zero-order valence-electron chi connectivity index (χ0n) is 21.1. The summed E-state index contributed by atoms with van der Waals surface area (Å²) in [5.74, 6) is 1.10. The Morgan fingerprint density at radius 1 is 1.17 bits per heavy atom. The molecule has 9 heteroatoms. The summed E-state index contributed by atoms with van der Waals surface area (Å²) < 4.78 is 10.3. The van der Waals surface area contributed by atoms with Gasteiger partial charge in [0.15, 0.2) is 0 Å². The first kappa shape index (κ1) is 24.3. The fourth-order valence-electron chi connectivity index (χ4n) is 5.29. The molecular weight excluding hydrogens is 458 g/mol. The lowest BCUT2D eigenvalue weighted by atomic mass is 9.83. The fraction of sp³-hybridized carbons (Fsp3) is 0.577. The first-order valence-corrected chi connectivity index (χ1v) is 15.5. The lowest BCUT2D eigenvalue weighted by Crippen LogP contribution is -2.65. The van der Waals surface area contributed by atoms with E-state index in [1.54, 1.807) is 6.33 Å². The number of piperidine rings is 1. The van der Waals surface area contributed by atoms with E-state index in [1.807, 2.05) is 6.20 Å². The third kappa shape index (κ3) is 5.12. The predicted octanol–water partition coefficient (Wildman–Crippen LogP) is 3.24. The van der Waals surface area contributed by atoms with Crippen LogP contribution >= 0.6 is 10.0 Å². The summed E-state index contributed by atoms with van der Waals surface area (Å²) in [6, 6.07) is 7.27. The van der Waals surface area contributed by atoms with Crippen LogP contribution in [-0.4, -0.2) is 87.3 Å². The van der Waals surface area contributed by atoms with Crippen molar-refractivity contribution in [1.82, 2.24) is 29.3 Å². The van der Waals surface area contributed by atoms with Crippen molar-refractivity contribution in [2.75, 3.05) is 57.3 Å². The molecule has 35 heavy (non-hydrogen) atoms. The van der Waals surface area contributed by atoms with Crippen LogP contribution in [0, 0.1) is 11.3 Å². The Bertz CT molecular complexity index is 1190. The van der Waals surface area contributed by atoms with E-state index in [1.165, 1.54) is 12.8 Å². The first-order chi connectivity index (χ1) is 16.9. The number of nitriles is 1. The van der Waals surface area contributed by atoms with Gasteiger partial charge in [-0.05, 0) is 56.8 Å². The molecule has 188 valence electrons. The smallest absolute Gasteiger partial charge is 0.145 e. The molecular formula is C26H37N7OS. The molecule has 0 bridgehead atoms. The minimum Gasteiger partial charge on any atom is -0.360 e. The van der Waals surface area contributed by atoms with Crippen molar-refractivity contribution >= 4 is 21.1 Å². The van der Waals surface area contributed by atoms with Gasteiger partial charge in [0.1, 0.15) is 18.7 Å². The third-order valence-electron chi connectivity index (χ3n) is 7.37. The van der Waals surface area contributed by atoms with E-state index in [4.69, 9.17) is 4.74 Å². The highest BCUT2D eigenvalue weighted by atomic mass is 32.3. The van der Waals surface area contributed by atoms with Gasteiger partial charge in [-0.3, -0.25) is 4.90 Å². The predicted molar refractivity (Wildman–Crippen MR) is 143 cm³/mol. The van der Waals surface area contributed by atoms with Gasteiger partial charge in [-0.15, -0.1) is 0 Å². The summed E-state index contributed by atoms with van der Waals surface area (Å²) in [5.41, 5.74) is 2.72. The van der Waals surface area contributed by atoms with Crippen LogP contribution in [0.25, 0.3) is 22.3 Å². The Balaban J connectivity index is 1.32. The zero-order valence-corrected chi connectivity index (χ0v) is 21.9. The minimum absolute atomic E-state index is 0.154. The van der Waals surface area contributed by atoms with Crippen molar-refractivity contribution in [3.05, 3.63) is 37.1 Å². The molecule has 0 radical (unpaired) electrons. The number of aromatic nitrogens is 4. The molecule has 0 amide bonds. The number of nitrogens with one attached hydrogen (secondary N) is 1. The van der Waals surface area contributed by atoms with Crippen molar-refractivity contribution in [2.45, 2.75) is 37.6 Å².